The second kappa shape index (κ2) is 7.27. The summed E-state index contributed by atoms with van der Waals surface area (Å²) in [5.74, 6) is -1.47. The molecular formula is C17H17FN2O5. The first-order valence-corrected chi connectivity index (χ1v) is 7.37. The summed E-state index contributed by atoms with van der Waals surface area (Å²) in [6.07, 6.45) is 0. The van der Waals surface area contributed by atoms with E-state index < -0.39 is 28.9 Å². The lowest BCUT2D eigenvalue weighted by atomic mass is 10.1. The van der Waals surface area contributed by atoms with Crippen LogP contribution in [0, 0.1) is 22.9 Å². The average molecular weight is 348 g/mol. The zero-order chi connectivity index (χ0) is 18.6. The molecule has 0 saturated heterocycles. The summed E-state index contributed by atoms with van der Waals surface area (Å²) in [4.78, 5) is 22.5. The van der Waals surface area contributed by atoms with Crippen molar-refractivity contribution in [1.82, 2.24) is 0 Å². The van der Waals surface area contributed by atoms with Crippen LogP contribution in [-0.2, 0) is 4.79 Å². The van der Waals surface area contributed by atoms with Crippen molar-refractivity contribution in [2.75, 3.05) is 11.9 Å². The molecule has 0 radical (unpaired) electrons. The maximum atomic E-state index is 13.5. The van der Waals surface area contributed by atoms with Crippen molar-refractivity contribution in [3.63, 3.8) is 0 Å². The highest BCUT2D eigenvalue weighted by Crippen LogP contribution is 2.23. The minimum atomic E-state index is -1.93. The molecule has 1 atom stereocenters. The molecule has 7 nitrogen and oxygen atoms in total. The van der Waals surface area contributed by atoms with E-state index in [2.05, 4.69) is 5.32 Å². The van der Waals surface area contributed by atoms with Crippen LogP contribution in [0.5, 0.6) is 5.75 Å². The number of benzene rings is 2. The normalized spacial score (nSPS) is 13.0. The van der Waals surface area contributed by atoms with Crippen molar-refractivity contribution >= 4 is 17.3 Å². The fraction of sp³-hybridized carbons (Fsp3) is 0.235. The Morgan fingerprint density at radius 3 is 2.64 bits per heavy atom. The van der Waals surface area contributed by atoms with Crippen molar-refractivity contribution in [3.05, 3.63) is 64.0 Å². The molecule has 2 N–H and O–H groups in total. The van der Waals surface area contributed by atoms with Crippen LogP contribution >= 0.6 is 0 Å². The molecule has 0 saturated carbocycles. The molecule has 8 heteroatoms. The van der Waals surface area contributed by atoms with Crippen LogP contribution in [0.2, 0.25) is 0 Å². The van der Waals surface area contributed by atoms with Gasteiger partial charge in [0, 0.05) is 17.3 Å². The number of aliphatic hydroxyl groups is 1. The van der Waals surface area contributed by atoms with Gasteiger partial charge in [-0.1, -0.05) is 12.1 Å². The Kier molecular flexibility index (Phi) is 5.33. The number of hydrogen-bond acceptors (Lipinski definition) is 5. The zero-order valence-electron chi connectivity index (χ0n) is 13.7. The Hall–Kier alpha value is -3.00. The minimum absolute atomic E-state index is 0.0763. The number of aryl methyl sites for hydroxylation is 1. The monoisotopic (exact) mass is 348 g/mol. The van der Waals surface area contributed by atoms with Gasteiger partial charge in [0.1, 0.15) is 6.61 Å². The van der Waals surface area contributed by atoms with Gasteiger partial charge in [-0.2, -0.15) is 0 Å². The van der Waals surface area contributed by atoms with E-state index in [1.54, 1.807) is 6.07 Å². The molecule has 0 heterocycles. The van der Waals surface area contributed by atoms with E-state index in [1.165, 1.54) is 50.2 Å². The van der Waals surface area contributed by atoms with Gasteiger partial charge in [0.05, 0.1) is 4.92 Å². The topological polar surface area (TPSA) is 102 Å². The maximum Gasteiger partial charge on any atom is 0.272 e. The predicted molar refractivity (Wildman–Crippen MR) is 89.0 cm³/mol. The number of hydrogen-bond donors (Lipinski definition) is 2. The number of nitrogens with zero attached hydrogens (tertiary/aromatic N) is 1. The Labute approximate surface area is 143 Å². The van der Waals surface area contributed by atoms with Crippen molar-refractivity contribution in [1.29, 1.82) is 0 Å². The van der Waals surface area contributed by atoms with Crippen LogP contribution in [0.15, 0.2) is 42.5 Å². The quantitative estimate of drug-likeness (QED) is 0.617. The van der Waals surface area contributed by atoms with Crippen molar-refractivity contribution < 1.29 is 24.0 Å². The molecule has 2 aromatic carbocycles. The lowest BCUT2D eigenvalue weighted by Crippen LogP contribution is -2.45. The Morgan fingerprint density at radius 2 is 2.04 bits per heavy atom. The number of ether oxygens (including phenoxy) is 1. The van der Waals surface area contributed by atoms with E-state index in [9.17, 15) is 24.4 Å². The Morgan fingerprint density at radius 1 is 1.36 bits per heavy atom. The molecule has 0 spiro atoms. The summed E-state index contributed by atoms with van der Waals surface area (Å²) < 4.78 is 18.7. The number of carbonyl (C=O) groups excluding carboxylic acids is 1. The number of nitro benzene ring substituents is 1. The highest BCUT2D eigenvalue weighted by atomic mass is 19.1. The Bertz CT molecular complexity index is 807. The van der Waals surface area contributed by atoms with Crippen LogP contribution in [0.25, 0.3) is 0 Å². The predicted octanol–water partition coefficient (Wildman–Crippen LogP) is 2.81. The number of para-hydroxylation sites is 1. The van der Waals surface area contributed by atoms with Crippen LogP contribution < -0.4 is 10.1 Å². The highest BCUT2D eigenvalue weighted by molar-refractivity contribution is 5.97. The third kappa shape index (κ3) is 4.51. The summed E-state index contributed by atoms with van der Waals surface area (Å²) in [5.41, 5.74) is -1.35. The zero-order valence-corrected chi connectivity index (χ0v) is 13.7. The number of nitro groups is 1. The van der Waals surface area contributed by atoms with Gasteiger partial charge in [-0.15, -0.1) is 0 Å². The summed E-state index contributed by atoms with van der Waals surface area (Å²) in [6, 6.07) is 9.67. The molecular weight excluding hydrogens is 331 g/mol. The van der Waals surface area contributed by atoms with E-state index >= 15 is 0 Å². The smallest absolute Gasteiger partial charge is 0.272 e. The SMILES string of the molecule is Cc1cc(NC(=O)C(C)(O)COc2ccccc2F)ccc1[N+](=O)[O-]. The number of nitrogens with one attached hydrogen (secondary N) is 1. The minimum Gasteiger partial charge on any atom is -0.487 e. The van der Waals surface area contributed by atoms with Gasteiger partial charge in [0.2, 0.25) is 0 Å². The largest absolute Gasteiger partial charge is 0.487 e. The van der Waals surface area contributed by atoms with Crippen LogP contribution in [0.1, 0.15) is 12.5 Å². The van der Waals surface area contributed by atoms with Gasteiger partial charge in [-0.05, 0) is 38.1 Å². The lowest BCUT2D eigenvalue weighted by Gasteiger charge is -2.22. The molecule has 1 unspecified atom stereocenters. The molecule has 0 fully saturated rings. The molecule has 2 aromatic rings. The van der Waals surface area contributed by atoms with Crippen molar-refractivity contribution in [2.45, 2.75) is 19.4 Å². The first-order valence-electron chi connectivity index (χ1n) is 7.37. The van der Waals surface area contributed by atoms with Crippen LogP contribution in [0.3, 0.4) is 0 Å². The summed E-state index contributed by atoms with van der Waals surface area (Å²) in [7, 11) is 0. The van der Waals surface area contributed by atoms with Gasteiger partial charge in [-0.25, -0.2) is 4.39 Å². The van der Waals surface area contributed by atoms with Gasteiger partial charge in [0.25, 0.3) is 11.6 Å². The van der Waals surface area contributed by atoms with Gasteiger partial charge in [0.15, 0.2) is 17.2 Å². The molecule has 2 rings (SSSR count). The number of rotatable bonds is 6. The summed E-state index contributed by atoms with van der Waals surface area (Å²) >= 11 is 0. The molecule has 25 heavy (non-hydrogen) atoms. The molecule has 0 aliphatic carbocycles. The van der Waals surface area contributed by atoms with Crippen molar-refractivity contribution in [2.24, 2.45) is 0 Å². The fourth-order valence-corrected chi connectivity index (χ4v) is 2.05. The fourth-order valence-electron chi connectivity index (χ4n) is 2.05. The van der Waals surface area contributed by atoms with E-state index in [0.717, 1.165) is 0 Å². The molecule has 1 amide bonds. The van der Waals surface area contributed by atoms with E-state index in [-0.39, 0.29) is 11.4 Å². The average Bonchev–Trinajstić information content (AvgIpc) is 2.53. The lowest BCUT2D eigenvalue weighted by molar-refractivity contribution is -0.385. The number of halogens is 1. The molecule has 0 aliphatic heterocycles. The third-order valence-electron chi connectivity index (χ3n) is 3.49. The Balaban J connectivity index is 2.04. The summed E-state index contributed by atoms with van der Waals surface area (Å²) in [6.45, 7) is 2.29. The van der Waals surface area contributed by atoms with Crippen LogP contribution in [0.4, 0.5) is 15.8 Å². The summed E-state index contributed by atoms with van der Waals surface area (Å²) in [5, 5.41) is 23.5. The molecule has 0 aromatic heterocycles. The van der Waals surface area contributed by atoms with E-state index in [4.69, 9.17) is 4.74 Å². The van der Waals surface area contributed by atoms with Gasteiger partial charge in [-0.3, -0.25) is 14.9 Å². The maximum absolute atomic E-state index is 13.5. The van der Waals surface area contributed by atoms with Gasteiger partial charge < -0.3 is 15.2 Å². The first kappa shape index (κ1) is 18.3. The van der Waals surface area contributed by atoms with Crippen LogP contribution in [-0.4, -0.2) is 28.1 Å². The van der Waals surface area contributed by atoms with Crippen molar-refractivity contribution in [3.8, 4) is 5.75 Å². The van der Waals surface area contributed by atoms with E-state index in [0.29, 0.717) is 11.3 Å². The van der Waals surface area contributed by atoms with E-state index in [1.807, 2.05) is 0 Å². The number of amides is 1. The number of carbonyl (C=O) groups is 1. The molecule has 132 valence electrons. The molecule has 0 aliphatic rings. The standard InChI is InChI=1S/C17H17FN2O5/c1-11-9-12(7-8-14(11)20(23)24)19-16(21)17(2,22)10-25-15-6-4-3-5-13(15)18/h3-9,22H,10H2,1-2H3,(H,19,21). The molecule has 0 bridgehead atoms. The second-order valence-corrected chi connectivity index (χ2v) is 5.71. The van der Waals surface area contributed by atoms with Gasteiger partial charge >= 0.3 is 0 Å². The first-order chi connectivity index (χ1) is 11.7. The second-order valence-electron chi connectivity index (χ2n) is 5.71. The highest BCUT2D eigenvalue weighted by Gasteiger charge is 2.32. The number of anilines is 1. The third-order valence-corrected chi connectivity index (χ3v) is 3.49.